The van der Waals surface area contributed by atoms with Crippen LogP contribution in [0.3, 0.4) is 0 Å². The summed E-state index contributed by atoms with van der Waals surface area (Å²) in [7, 11) is 0. The second-order valence-electron chi connectivity index (χ2n) is 6.99. The first-order chi connectivity index (χ1) is 10.3. The van der Waals surface area contributed by atoms with Crippen molar-refractivity contribution in [2.75, 3.05) is 19.6 Å². The smallest absolute Gasteiger partial charge is 0.0458 e. The number of likely N-dealkylation sites (tertiary alicyclic amines) is 1. The third-order valence-corrected chi connectivity index (χ3v) is 5.69. The van der Waals surface area contributed by atoms with Crippen LogP contribution < -0.4 is 0 Å². The van der Waals surface area contributed by atoms with Gasteiger partial charge in [-0.05, 0) is 48.8 Å². The van der Waals surface area contributed by atoms with E-state index in [4.69, 9.17) is 0 Å². The summed E-state index contributed by atoms with van der Waals surface area (Å²) in [5.41, 5.74) is 4.18. The van der Waals surface area contributed by atoms with Crippen LogP contribution in [0.1, 0.15) is 37.4 Å². The fourth-order valence-electron chi connectivity index (χ4n) is 4.51. The molecule has 112 valence electrons. The molecule has 2 unspecified atom stereocenters. The minimum absolute atomic E-state index is 1.01. The second-order valence-corrected chi connectivity index (χ2v) is 6.99. The molecule has 0 radical (unpaired) electrons. The molecule has 0 amide bonds. The molecule has 2 fully saturated rings. The largest absolute Gasteiger partial charge is 0.358 e. The number of nitrogens with one attached hydrogen (secondary N) is 1. The molecule has 1 aliphatic heterocycles. The summed E-state index contributed by atoms with van der Waals surface area (Å²) >= 11 is 0. The molecule has 2 heteroatoms. The first-order valence-electron chi connectivity index (χ1n) is 8.65. The molecular formula is C19H26N2. The molecular weight excluding hydrogens is 256 g/mol. The number of hydrogen-bond donors (Lipinski definition) is 1. The van der Waals surface area contributed by atoms with Crippen LogP contribution in [-0.4, -0.2) is 29.5 Å². The van der Waals surface area contributed by atoms with Crippen molar-refractivity contribution in [3.05, 3.63) is 35.5 Å². The van der Waals surface area contributed by atoms with Gasteiger partial charge in [0.15, 0.2) is 0 Å². The van der Waals surface area contributed by atoms with Gasteiger partial charge in [-0.15, -0.1) is 0 Å². The molecule has 0 bridgehead atoms. The highest BCUT2D eigenvalue weighted by Gasteiger charge is 2.35. The Morgan fingerprint density at radius 3 is 2.76 bits per heavy atom. The van der Waals surface area contributed by atoms with Crippen LogP contribution in [0.5, 0.6) is 0 Å². The maximum Gasteiger partial charge on any atom is 0.0458 e. The van der Waals surface area contributed by atoms with E-state index in [2.05, 4.69) is 41.1 Å². The molecule has 2 heterocycles. The number of aromatic amines is 1. The highest BCUT2D eigenvalue weighted by molar-refractivity contribution is 5.83. The fraction of sp³-hybridized carbons (Fsp3) is 0.579. The lowest BCUT2D eigenvalue weighted by Gasteiger charge is -2.15. The number of aryl methyl sites for hydroxylation is 1. The van der Waals surface area contributed by atoms with Crippen LogP contribution >= 0.6 is 0 Å². The molecule has 1 aromatic carbocycles. The zero-order chi connectivity index (χ0) is 14.2. The highest BCUT2D eigenvalue weighted by Crippen LogP contribution is 2.37. The van der Waals surface area contributed by atoms with Gasteiger partial charge in [0, 0.05) is 42.7 Å². The maximum atomic E-state index is 3.62. The summed E-state index contributed by atoms with van der Waals surface area (Å²) < 4.78 is 0. The molecule has 2 aliphatic rings. The molecule has 21 heavy (non-hydrogen) atoms. The third-order valence-electron chi connectivity index (χ3n) is 5.69. The van der Waals surface area contributed by atoms with Gasteiger partial charge in [-0.25, -0.2) is 0 Å². The van der Waals surface area contributed by atoms with Gasteiger partial charge in [-0.3, -0.25) is 0 Å². The van der Waals surface area contributed by atoms with Crippen molar-refractivity contribution in [3.63, 3.8) is 0 Å². The lowest BCUT2D eigenvalue weighted by atomic mass is 10.0. The molecule has 2 aromatic rings. The summed E-state index contributed by atoms with van der Waals surface area (Å²) in [6, 6.07) is 9.01. The molecule has 2 atom stereocenters. The number of rotatable bonds is 4. The van der Waals surface area contributed by atoms with Crippen molar-refractivity contribution in [2.45, 2.75) is 39.0 Å². The van der Waals surface area contributed by atoms with Crippen molar-refractivity contribution in [1.82, 2.24) is 9.88 Å². The predicted octanol–water partition coefficient (Wildman–Crippen LogP) is 4.00. The summed E-state index contributed by atoms with van der Waals surface area (Å²) in [6.07, 6.45) is 6.72. The van der Waals surface area contributed by atoms with Crippen LogP contribution in [-0.2, 0) is 12.8 Å². The minimum Gasteiger partial charge on any atom is -0.358 e. The van der Waals surface area contributed by atoms with E-state index in [9.17, 15) is 0 Å². The number of hydrogen-bond acceptors (Lipinski definition) is 1. The third kappa shape index (κ3) is 2.50. The standard InChI is InChI=1S/C19H26N2/c1-2-14-5-4-8-19-18(14)11-17(20-19)9-10-21-12-15-6-3-7-16(15)13-21/h4-5,8,11,15-16,20H,2-3,6-7,9-10,12-13H2,1H3. The van der Waals surface area contributed by atoms with Crippen molar-refractivity contribution in [3.8, 4) is 0 Å². The Kier molecular flexibility index (Phi) is 3.50. The topological polar surface area (TPSA) is 19.0 Å². The average Bonchev–Trinajstić information content (AvgIpc) is 3.17. The van der Waals surface area contributed by atoms with Gasteiger partial charge in [0.2, 0.25) is 0 Å². The number of aromatic nitrogens is 1. The minimum atomic E-state index is 1.01. The van der Waals surface area contributed by atoms with Gasteiger partial charge in [0.1, 0.15) is 0 Å². The Morgan fingerprint density at radius 1 is 1.19 bits per heavy atom. The molecule has 4 rings (SSSR count). The summed E-state index contributed by atoms with van der Waals surface area (Å²) in [5, 5.41) is 1.42. The van der Waals surface area contributed by atoms with Crippen molar-refractivity contribution >= 4 is 10.9 Å². The number of fused-ring (bicyclic) bond motifs is 2. The van der Waals surface area contributed by atoms with Crippen LogP contribution in [0.15, 0.2) is 24.3 Å². The van der Waals surface area contributed by atoms with Crippen LogP contribution in [0.4, 0.5) is 0 Å². The maximum absolute atomic E-state index is 3.62. The zero-order valence-electron chi connectivity index (χ0n) is 13.1. The van der Waals surface area contributed by atoms with Gasteiger partial charge in [0.25, 0.3) is 0 Å². The van der Waals surface area contributed by atoms with Gasteiger partial charge in [-0.2, -0.15) is 0 Å². The summed E-state index contributed by atoms with van der Waals surface area (Å²) in [4.78, 5) is 6.31. The van der Waals surface area contributed by atoms with Gasteiger partial charge >= 0.3 is 0 Å². The van der Waals surface area contributed by atoms with E-state index in [1.807, 2.05) is 0 Å². The highest BCUT2D eigenvalue weighted by atomic mass is 15.2. The summed E-state index contributed by atoms with van der Waals surface area (Å²) in [5.74, 6) is 2.03. The van der Waals surface area contributed by atoms with Crippen molar-refractivity contribution in [1.29, 1.82) is 0 Å². The van der Waals surface area contributed by atoms with Crippen LogP contribution in [0, 0.1) is 11.8 Å². The Bertz CT molecular complexity index is 616. The normalized spacial score (nSPS) is 25.8. The molecule has 1 saturated heterocycles. The Labute approximate surface area is 127 Å². The summed E-state index contributed by atoms with van der Waals surface area (Å²) in [6.45, 7) is 6.17. The molecule has 1 aromatic heterocycles. The van der Waals surface area contributed by atoms with Crippen molar-refractivity contribution < 1.29 is 0 Å². The van der Waals surface area contributed by atoms with Gasteiger partial charge in [0.05, 0.1) is 0 Å². The van der Waals surface area contributed by atoms with E-state index >= 15 is 0 Å². The Balaban J connectivity index is 1.43. The monoisotopic (exact) mass is 282 g/mol. The SMILES string of the molecule is CCc1cccc2[nH]c(CCN3CC4CCCC4C3)cc12. The van der Waals surface area contributed by atoms with Crippen LogP contribution in [0.2, 0.25) is 0 Å². The van der Waals surface area contributed by atoms with Crippen LogP contribution in [0.25, 0.3) is 10.9 Å². The molecule has 1 saturated carbocycles. The molecule has 0 spiro atoms. The zero-order valence-corrected chi connectivity index (χ0v) is 13.1. The molecule has 2 nitrogen and oxygen atoms in total. The van der Waals surface area contributed by atoms with E-state index in [0.29, 0.717) is 0 Å². The van der Waals surface area contributed by atoms with E-state index in [-0.39, 0.29) is 0 Å². The fourth-order valence-corrected chi connectivity index (χ4v) is 4.51. The quantitative estimate of drug-likeness (QED) is 0.898. The van der Waals surface area contributed by atoms with Gasteiger partial charge in [-0.1, -0.05) is 25.5 Å². The lowest BCUT2D eigenvalue weighted by molar-refractivity contribution is 0.314. The molecule has 1 aliphatic carbocycles. The first-order valence-corrected chi connectivity index (χ1v) is 8.65. The molecule has 1 N–H and O–H groups in total. The average molecular weight is 282 g/mol. The van der Waals surface area contributed by atoms with Gasteiger partial charge < -0.3 is 9.88 Å². The number of nitrogens with zero attached hydrogens (tertiary/aromatic N) is 1. The van der Waals surface area contributed by atoms with Crippen molar-refractivity contribution in [2.24, 2.45) is 11.8 Å². The lowest BCUT2D eigenvalue weighted by Crippen LogP contribution is -2.24. The predicted molar refractivity (Wildman–Crippen MR) is 88.7 cm³/mol. The van der Waals surface area contributed by atoms with E-state index in [1.165, 1.54) is 61.1 Å². The number of H-pyrrole nitrogens is 1. The van der Waals surface area contributed by atoms with E-state index in [0.717, 1.165) is 24.7 Å². The first kappa shape index (κ1) is 13.4. The van der Waals surface area contributed by atoms with E-state index in [1.54, 1.807) is 0 Å². The Morgan fingerprint density at radius 2 is 2.00 bits per heavy atom. The van der Waals surface area contributed by atoms with E-state index < -0.39 is 0 Å². The Hall–Kier alpha value is -1.28. The second kappa shape index (κ2) is 5.49. The number of benzene rings is 1.